The Morgan fingerprint density at radius 1 is 0.829 bits per heavy atom. The summed E-state index contributed by atoms with van der Waals surface area (Å²) in [4.78, 5) is 27.4. The number of imidazole rings is 1. The van der Waals surface area contributed by atoms with Crippen LogP contribution in [0.1, 0.15) is 21.6 Å². The number of aromatic nitrogens is 4. The number of hydrogen-bond acceptors (Lipinski definition) is 8. The molecule has 0 saturated carbocycles. The van der Waals surface area contributed by atoms with E-state index in [-0.39, 0.29) is 11.6 Å². The third-order valence-corrected chi connectivity index (χ3v) is 6.93. The molecular weight excluding hydrogens is 520 g/mol. The minimum atomic E-state index is -0.305. The molecule has 6 aromatic rings. The first-order valence-corrected chi connectivity index (χ1v) is 13.0. The molecule has 3 aromatic carbocycles. The van der Waals surface area contributed by atoms with Crippen LogP contribution in [-0.2, 0) is 13.1 Å². The van der Waals surface area contributed by atoms with E-state index in [1.54, 1.807) is 38.1 Å². The summed E-state index contributed by atoms with van der Waals surface area (Å²) in [6, 6.07) is 21.1. The summed E-state index contributed by atoms with van der Waals surface area (Å²) in [5, 5.41) is 8.15. The maximum Gasteiger partial charge on any atom is 0.271 e. The molecule has 0 atom stereocenters. The molecule has 3 heterocycles. The molecule has 0 aliphatic carbocycles. The number of nitrogens with one attached hydrogen (secondary N) is 2. The van der Waals surface area contributed by atoms with Crippen molar-refractivity contribution in [2.45, 2.75) is 13.1 Å². The van der Waals surface area contributed by atoms with Crippen LogP contribution in [0.25, 0.3) is 27.5 Å². The summed E-state index contributed by atoms with van der Waals surface area (Å²) in [6.07, 6.45) is 3.43. The van der Waals surface area contributed by atoms with Crippen LogP contribution in [0.4, 0.5) is 5.95 Å². The molecule has 0 spiro atoms. The van der Waals surface area contributed by atoms with Gasteiger partial charge in [0.05, 0.1) is 26.8 Å². The third-order valence-electron chi connectivity index (χ3n) is 6.93. The molecule has 0 saturated heterocycles. The molecule has 0 radical (unpaired) electrons. The monoisotopic (exact) mass is 548 g/mol. The Labute approximate surface area is 235 Å². The summed E-state index contributed by atoms with van der Waals surface area (Å²) in [6.45, 7) is 0.722. The molecule has 1 amide bonds. The number of ether oxygens (including phenoxy) is 3. The van der Waals surface area contributed by atoms with Gasteiger partial charge >= 0.3 is 0 Å². The number of rotatable bonds is 9. The lowest BCUT2D eigenvalue weighted by Gasteiger charge is -2.14. The summed E-state index contributed by atoms with van der Waals surface area (Å²) in [5.74, 6) is 2.18. The highest BCUT2D eigenvalue weighted by atomic mass is 16.5. The molecule has 206 valence electrons. The first kappa shape index (κ1) is 25.9. The minimum absolute atomic E-state index is 0.264. The van der Waals surface area contributed by atoms with Crippen LogP contribution in [0.3, 0.4) is 0 Å². The number of pyridine rings is 1. The van der Waals surface area contributed by atoms with Crippen molar-refractivity contribution in [2.24, 2.45) is 0 Å². The van der Waals surface area contributed by atoms with Gasteiger partial charge in [0.1, 0.15) is 34.1 Å². The lowest BCUT2D eigenvalue weighted by molar-refractivity contribution is 0.0946. The molecule has 10 nitrogen and oxygen atoms in total. The zero-order chi connectivity index (χ0) is 28.3. The van der Waals surface area contributed by atoms with Crippen LogP contribution < -0.4 is 24.8 Å². The van der Waals surface area contributed by atoms with Crippen molar-refractivity contribution in [2.75, 3.05) is 26.6 Å². The molecule has 0 aliphatic rings. The van der Waals surface area contributed by atoms with Gasteiger partial charge in [0.2, 0.25) is 5.95 Å². The number of methoxy groups -OCH3 is 3. The van der Waals surface area contributed by atoms with Crippen LogP contribution >= 0.6 is 0 Å². The second kappa shape index (κ2) is 11.0. The zero-order valence-corrected chi connectivity index (χ0v) is 22.8. The van der Waals surface area contributed by atoms with E-state index in [9.17, 15) is 4.79 Å². The molecule has 6 rings (SSSR count). The predicted octanol–water partition coefficient (Wildman–Crippen LogP) is 5.00. The normalized spacial score (nSPS) is 11.1. The zero-order valence-electron chi connectivity index (χ0n) is 22.8. The van der Waals surface area contributed by atoms with E-state index in [0.717, 1.165) is 27.4 Å². The minimum Gasteiger partial charge on any atom is -0.497 e. The van der Waals surface area contributed by atoms with Gasteiger partial charge in [-0.25, -0.2) is 9.97 Å². The van der Waals surface area contributed by atoms with Crippen LogP contribution in [0.15, 0.2) is 79.1 Å². The average molecular weight is 549 g/mol. The smallest absolute Gasteiger partial charge is 0.271 e. The highest BCUT2D eigenvalue weighted by molar-refractivity contribution is 5.99. The number of carbonyl (C=O) groups is 1. The lowest BCUT2D eigenvalue weighted by atomic mass is 10.1. The number of para-hydroxylation sites is 2. The van der Waals surface area contributed by atoms with Crippen molar-refractivity contribution in [3.8, 4) is 17.2 Å². The molecule has 3 aromatic heterocycles. The van der Waals surface area contributed by atoms with Crippen molar-refractivity contribution in [3.63, 3.8) is 0 Å². The number of fused-ring (bicyclic) bond motifs is 4. The summed E-state index contributed by atoms with van der Waals surface area (Å²) in [7, 11) is 4.83. The second-order valence-electron chi connectivity index (χ2n) is 9.32. The number of anilines is 1. The van der Waals surface area contributed by atoms with Crippen molar-refractivity contribution in [3.05, 3.63) is 95.9 Å². The van der Waals surface area contributed by atoms with Gasteiger partial charge < -0.3 is 24.8 Å². The van der Waals surface area contributed by atoms with Gasteiger partial charge in [-0.2, -0.15) is 0 Å². The Morgan fingerprint density at radius 3 is 2.49 bits per heavy atom. The van der Waals surface area contributed by atoms with Crippen molar-refractivity contribution in [1.82, 2.24) is 24.7 Å². The molecule has 0 unspecified atom stereocenters. The number of benzene rings is 3. The van der Waals surface area contributed by atoms with Crippen molar-refractivity contribution in [1.29, 1.82) is 0 Å². The topological polar surface area (TPSA) is 112 Å². The van der Waals surface area contributed by atoms with Crippen molar-refractivity contribution < 1.29 is 19.0 Å². The Bertz CT molecular complexity index is 1900. The summed E-state index contributed by atoms with van der Waals surface area (Å²) >= 11 is 0. The molecule has 10 heteroatoms. The van der Waals surface area contributed by atoms with E-state index in [1.807, 2.05) is 66.7 Å². The van der Waals surface area contributed by atoms with Gasteiger partial charge in [0.25, 0.3) is 5.91 Å². The van der Waals surface area contributed by atoms with Gasteiger partial charge in [-0.15, -0.1) is 0 Å². The lowest BCUT2D eigenvalue weighted by Crippen LogP contribution is -2.23. The Balaban J connectivity index is 1.35. The fourth-order valence-corrected chi connectivity index (χ4v) is 4.86. The van der Waals surface area contributed by atoms with Crippen LogP contribution in [0.2, 0.25) is 0 Å². The summed E-state index contributed by atoms with van der Waals surface area (Å²) < 4.78 is 18.2. The van der Waals surface area contributed by atoms with Crippen LogP contribution in [0, 0.1) is 0 Å². The first-order valence-electron chi connectivity index (χ1n) is 13.0. The van der Waals surface area contributed by atoms with Gasteiger partial charge in [-0.05, 0) is 35.9 Å². The maximum atomic E-state index is 13.3. The van der Waals surface area contributed by atoms with E-state index >= 15 is 0 Å². The largest absolute Gasteiger partial charge is 0.497 e. The van der Waals surface area contributed by atoms with Gasteiger partial charge in [-0.3, -0.25) is 14.2 Å². The van der Waals surface area contributed by atoms with Crippen LogP contribution in [-0.4, -0.2) is 46.6 Å². The molecule has 0 bridgehead atoms. The molecular formula is C31H28N6O4. The van der Waals surface area contributed by atoms with E-state index in [2.05, 4.69) is 15.6 Å². The Hall–Kier alpha value is -5.38. The summed E-state index contributed by atoms with van der Waals surface area (Å²) in [5.41, 5.74) is 4.16. The highest BCUT2D eigenvalue weighted by Crippen LogP contribution is 2.30. The highest BCUT2D eigenvalue weighted by Gasteiger charge is 2.18. The van der Waals surface area contributed by atoms with Crippen molar-refractivity contribution >= 4 is 39.3 Å². The molecule has 0 aliphatic heterocycles. The molecule has 2 N–H and O–H groups in total. The SMILES string of the molecule is COc1ccc(CNc2nc3c(OC)cccc3c3nc(C(=O)NCc4cccc5cccnc45)cn23)c(OC)c1. The van der Waals surface area contributed by atoms with E-state index in [0.29, 0.717) is 47.5 Å². The number of nitrogens with zero attached hydrogens (tertiary/aromatic N) is 4. The maximum absolute atomic E-state index is 13.3. The number of carbonyl (C=O) groups excluding carboxylic acids is 1. The van der Waals surface area contributed by atoms with Crippen LogP contribution in [0.5, 0.6) is 17.2 Å². The number of amides is 1. The standard InChI is InChI=1S/C31H28N6O4/c1-39-22-13-12-20(26(15-22)41-3)16-34-31-36-28-23(10-5-11-25(28)40-2)29-35-24(18-37(29)31)30(38)33-17-21-8-4-7-19-9-6-14-32-27(19)21/h4-15,18H,16-17H2,1-3H3,(H,33,38)(H,34,36). The Kier molecular flexibility index (Phi) is 6.95. The number of hydrogen-bond donors (Lipinski definition) is 2. The third kappa shape index (κ3) is 4.91. The van der Waals surface area contributed by atoms with Gasteiger partial charge in [0, 0.05) is 47.9 Å². The van der Waals surface area contributed by atoms with Gasteiger partial charge in [-0.1, -0.05) is 30.3 Å². The fourth-order valence-electron chi connectivity index (χ4n) is 4.86. The predicted molar refractivity (Wildman–Crippen MR) is 157 cm³/mol. The van der Waals surface area contributed by atoms with E-state index in [1.165, 1.54) is 0 Å². The Morgan fingerprint density at radius 2 is 1.66 bits per heavy atom. The average Bonchev–Trinajstić information content (AvgIpc) is 3.48. The van der Waals surface area contributed by atoms with E-state index in [4.69, 9.17) is 24.2 Å². The molecule has 0 fully saturated rings. The second-order valence-corrected chi connectivity index (χ2v) is 9.32. The quantitative estimate of drug-likeness (QED) is 0.260. The first-order chi connectivity index (χ1) is 20.1. The molecule has 41 heavy (non-hydrogen) atoms. The fraction of sp³-hybridized carbons (Fsp3) is 0.161. The van der Waals surface area contributed by atoms with E-state index < -0.39 is 0 Å². The van der Waals surface area contributed by atoms with Gasteiger partial charge in [0.15, 0.2) is 0 Å².